The average molecular weight is 285 g/mol. The van der Waals surface area contributed by atoms with Gasteiger partial charge in [0.25, 0.3) is 0 Å². The summed E-state index contributed by atoms with van der Waals surface area (Å²) in [7, 11) is 0. The Morgan fingerprint density at radius 3 is 2.85 bits per heavy atom. The number of nitrogens with zero attached hydrogens (tertiary/aromatic N) is 2. The van der Waals surface area contributed by atoms with Crippen LogP contribution < -0.4 is 5.32 Å². The maximum Gasteiger partial charge on any atom is 0.160 e. The number of hydrogen-bond acceptors (Lipinski definition) is 4. The Morgan fingerprint density at radius 2 is 2.15 bits per heavy atom. The van der Waals surface area contributed by atoms with Crippen molar-refractivity contribution in [3.05, 3.63) is 33.3 Å². The van der Waals surface area contributed by atoms with Gasteiger partial charge in [-0.15, -0.1) is 0 Å². The minimum atomic E-state index is 0.671. The van der Waals surface area contributed by atoms with Crippen molar-refractivity contribution < 1.29 is 0 Å². The molecule has 4 heteroatoms. The van der Waals surface area contributed by atoms with Gasteiger partial charge in [0, 0.05) is 41.9 Å². The van der Waals surface area contributed by atoms with Crippen LogP contribution in [0.2, 0.25) is 0 Å². The number of nitrogens with one attached hydrogen (secondary N) is 1. The third-order valence-electron chi connectivity index (χ3n) is 4.55. The molecule has 4 rings (SSSR count). The maximum absolute atomic E-state index is 4.97. The number of fused-ring (bicyclic) bond motifs is 1. The van der Waals surface area contributed by atoms with E-state index in [-0.39, 0.29) is 0 Å². The van der Waals surface area contributed by atoms with Gasteiger partial charge in [-0.1, -0.05) is 6.42 Å². The number of aromatic nitrogens is 2. The number of thiophene rings is 1. The van der Waals surface area contributed by atoms with Gasteiger partial charge in [-0.3, -0.25) is 0 Å². The van der Waals surface area contributed by atoms with Crippen molar-refractivity contribution in [2.45, 2.75) is 45.1 Å². The molecular formula is C16H19N3S. The molecule has 0 spiro atoms. The molecule has 0 radical (unpaired) electrons. The van der Waals surface area contributed by atoms with E-state index in [2.05, 4.69) is 23.0 Å². The second kappa shape index (κ2) is 4.93. The average Bonchev–Trinajstić information content (AvgIpc) is 2.83. The van der Waals surface area contributed by atoms with Gasteiger partial charge in [0.05, 0.1) is 11.4 Å². The molecule has 3 heterocycles. The zero-order chi connectivity index (χ0) is 13.5. The highest BCUT2D eigenvalue weighted by Crippen LogP contribution is 2.39. The summed E-state index contributed by atoms with van der Waals surface area (Å²) < 4.78 is 0. The van der Waals surface area contributed by atoms with Crippen LogP contribution >= 0.6 is 11.3 Å². The minimum absolute atomic E-state index is 0.671. The first-order valence-corrected chi connectivity index (χ1v) is 8.41. The molecule has 1 saturated carbocycles. The summed E-state index contributed by atoms with van der Waals surface area (Å²) in [5.41, 5.74) is 6.51. The lowest BCUT2D eigenvalue weighted by molar-refractivity contribution is 0.404. The van der Waals surface area contributed by atoms with Gasteiger partial charge < -0.3 is 5.32 Å². The van der Waals surface area contributed by atoms with E-state index in [1.807, 2.05) is 0 Å². The van der Waals surface area contributed by atoms with Crippen molar-refractivity contribution in [2.75, 3.05) is 6.54 Å². The summed E-state index contributed by atoms with van der Waals surface area (Å²) in [6, 6.07) is 0. The van der Waals surface area contributed by atoms with Crippen molar-refractivity contribution in [3.63, 3.8) is 0 Å². The highest BCUT2D eigenvalue weighted by molar-refractivity contribution is 7.08. The van der Waals surface area contributed by atoms with Crippen LogP contribution in [0.1, 0.15) is 47.7 Å². The van der Waals surface area contributed by atoms with Gasteiger partial charge in [-0.05, 0) is 30.7 Å². The summed E-state index contributed by atoms with van der Waals surface area (Å²) in [4.78, 5) is 9.84. The number of aryl methyl sites for hydroxylation is 1. The van der Waals surface area contributed by atoms with Crippen molar-refractivity contribution >= 4 is 11.3 Å². The van der Waals surface area contributed by atoms with Crippen molar-refractivity contribution in [1.82, 2.24) is 15.3 Å². The molecule has 1 aliphatic carbocycles. The van der Waals surface area contributed by atoms with Gasteiger partial charge in [0.2, 0.25) is 0 Å². The second-order valence-corrected chi connectivity index (χ2v) is 6.62. The molecule has 0 saturated heterocycles. The van der Waals surface area contributed by atoms with E-state index in [1.54, 1.807) is 11.3 Å². The molecule has 0 unspecified atom stereocenters. The first-order chi connectivity index (χ1) is 9.83. The van der Waals surface area contributed by atoms with E-state index < -0.39 is 0 Å². The predicted molar refractivity (Wildman–Crippen MR) is 82.1 cm³/mol. The van der Waals surface area contributed by atoms with Gasteiger partial charge in [-0.2, -0.15) is 11.3 Å². The smallest absolute Gasteiger partial charge is 0.160 e. The Labute approximate surface area is 123 Å². The molecule has 1 fully saturated rings. The molecule has 0 atom stereocenters. The molecular weight excluding hydrogens is 266 g/mol. The van der Waals surface area contributed by atoms with Crippen LogP contribution in [-0.2, 0) is 13.0 Å². The Bertz CT molecular complexity index is 643. The Morgan fingerprint density at radius 1 is 1.25 bits per heavy atom. The monoisotopic (exact) mass is 285 g/mol. The lowest BCUT2D eigenvalue weighted by atomic mass is 9.80. The van der Waals surface area contributed by atoms with Crippen molar-refractivity contribution in [1.29, 1.82) is 0 Å². The van der Waals surface area contributed by atoms with Crippen LogP contribution in [-0.4, -0.2) is 16.5 Å². The predicted octanol–water partition coefficient (Wildman–Crippen LogP) is 3.43. The summed E-state index contributed by atoms with van der Waals surface area (Å²) in [5.74, 6) is 1.62. The molecule has 20 heavy (non-hydrogen) atoms. The highest BCUT2D eigenvalue weighted by atomic mass is 32.1. The SMILES string of the molecule is Cc1cscc1-c1nc2c(c(C3CCC3)n1)CNCC2. The molecule has 0 aromatic carbocycles. The maximum atomic E-state index is 4.97. The molecule has 104 valence electrons. The summed E-state index contributed by atoms with van der Waals surface area (Å²) >= 11 is 1.74. The highest BCUT2D eigenvalue weighted by Gasteiger charge is 2.28. The zero-order valence-electron chi connectivity index (χ0n) is 11.8. The van der Waals surface area contributed by atoms with Gasteiger partial charge in [0.1, 0.15) is 0 Å². The lowest BCUT2D eigenvalue weighted by Crippen LogP contribution is -2.28. The second-order valence-electron chi connectivity index (χ2n) is 5.88. The molecule has 0 amide bonds. The Kier molecular flexibility index (Phi) is 3.08. The first-order valence-electron chi connectivity index (χ1n) is 7.46. The van der Waals surface area contributed by atoms with Crippen molar-refractivity contribution in [2.24, 2.45) is 0 Å². The number of hydrogen-bond donors (Lipinski definition) is 1. The lowest BCUT2D eigenvalue weighted by Gasteiger charge is -2.29. The fourth-order valence-electron chi connectivity index (χ4n) is 3.10. The zero-order valence-corrected chi connectivity index (χ0v) is 12.6. The van der Waals surface area contributed by atoms with Gasteiger partial charge in [-0.25, -0.2) is 9.97 Å². The van der Waals surface area contributed by atoms with Crippen molar-refractivity contribution in [3.8, 4) is 11.4 Å². The molecule has 1 aliphatic heterocycles. The summed E-state index contributed by atoms with van der Waals surface area (Å²) in [6.45, 7) is 4.14. The van der Waals surface area contributed by atoms with E-state index in [4.69, 9.17) is 9.97 Å². The van der Waals surface area contributed by atoms with Crippen LogP contribution in [0.3, 0.4) is 0 Å². The normalized spacial score (nSPS) is 18.6. The van der Waals surface area contributed by atoms with E-state index in [0.29, 0.717) is 5.92 Å². The fourth-order valence-corrected chi connectivity index (χ4v) is 3.93. The summed E-state index contributed by atoms with van der Waals surface area (Å²) in [5, 5.41) is 7.84. The van der Waals surface area contributed by atoms with Gasteiger partial charge in [0.15, 0.2) is 5.82 Å². The van der Waals surface area contributed by atoms with Crippen LogP contribution in [0.4, 0.5) is 0 Å². The standard InChI is InChI=1S/C16H19N3S/c1-10-8-20-9-13(10)16-18-14-5-6-17-7-12(14)15(19-16)11-3-2-4-11/h8-9,11,17H,2-7H2,1H3. The quantitative estimate of drug-likeness (QED) is 0.918. The Balaban J connectivity index is 1.86. The molecule has 2 aromatic heterocycles. The topological polar surface area (TPSA) is 37.8 Å². The largest absolute Gasteiger partial charge is 0.312 e. The third-order valence-corrected chi connectivity index (χ3v) is 5.41. The molecule has 2 aliphatic rings. The third kappa shape index (κ3) is 1.98. The van der Waals surface area contributed by atoms with E-state index in [1.165, 1.54) is 47.3 Å². The summed E-state index contributed by atoms with van der Waals surface area (Å²) in [6.07, 6.45) is 4.98. The first kappa shape index (κ1) is 12.5. The molecule has 0 bridgehead atoms. The van der Waals surface area contributed by atoms with E-state index >= 15 is 0 Å². The minimum Gasteiger partial charge on any atom is -0.312 e. The van der Waals surface area contributed by atoms with Crippen LogP contribution in [0.15, 0.2) is 10.8 Å². The molecule has 3 nitrogen and oxygen atoms in total. The molecule has 1 N–H and O–H groups in total. The number of rotatable bonds is 2. The van der Waals surface area contributed by atoms with E-state index in [9.17, 15) is 0 Å². The van der Waals surface area contributed by atoms with Gasteiger partial charge >= 0.3 is 0 Å². The fraction of sp³-hybridized carbons (Fsp3) is 0.500. The van der Waals surface area contributed by atoms with E-state index in [0.717, 1.165) is 25.3 Å². The van der Waals surface area contributed by atoms with Crippen LogP contribution in [0.25, 0.3) is 11.4 Å². The Hall–Kier alpha value is -1.26. The van der Waals surface area contributed by atoms with Crippen LogP contribution in [0.5, 0.6) is 0 Å². The van der Waals surface area contributed by atoms with Crippen LogP contribution in [0, 0.1) is 6.92 Å². The molecule has 2 aromatic rings.